The summed E-state index contributed by atoms with van der Waals surface area (Å²) in [5, 5.41) is 0.628. The van der Waals surface area contributed by atoms with Crippen molar-refractivity contribution >= 4 is 33.3 Å². The van der Waals surface area contributed by atoms with E-state index in [2.05, 4.69) is 15.9 Å². The Labute approximate surface area is 84.9 Å². The fraction of sp³-hybridized carbons (Fsp3) is 0.222. The molecule has 0 aliphatic carbocycles. The van der Waals surface area contributed by atoms with Crippen LogP contribution in [0.25, 0.3) is 0 Å². The number of carbonyl (C=O) groups excluding carboxylic acids is 1. The summed E-state index contributed by atoms with van der Waals surface area (Å²) in [6, 6.07) is 3.56. The summed E-state index contributed by atoms with van der Waals surface area (Å²) >= 11 is 9.16. The Morgan fingerprint density at radius 2 is 2.08 bits per heavy atom. The Morgan fingerprint density at radius 3 is 2.50 bits per heavy atom. The summed E-state index contributed by atoms with van der Waals surface area (Å²) in [6.07, 6.45) is 0. The van der Waals surface area contributed by atoms with Crippen molar-refractivity contribution in [3.63, 3.8) is 0 Å². The van der Waals surface area contributed by atoms with Gasteiger partial charge in [0.05, 0.1) is 0 Å². The van der Waals surface area contributed by atoms with Gasteiger partial charge in [-0.05, 0) is 31.5 Å². The number of ketones is 1. The molecule has 12 heavy (non-hydrogen) atoms. The average Bonchev–Trinajstić information content (AvgIpc) is 1.97. The van der Waals surface area contributed by atoms with Gasteiger partial charge in [-0.25, -0.2) is 0 Å². The zero-order valence-corrected chi connectivity index (χ0v) is 9.16. The van der Waals surface area contributed by atoms with E-state index in [1.165, 1.54) is 6.92 Å². The van der Waals surface area contributed by atoms with Crippen molar-refractivity contribution in [2.24, 2.45) is 0 Å². The van der Waals surface area contributed by atoms with Crippen LogP contribution in [0.2, 0.25) is 5.02 Å². The highest BCUT2D eigenvalue weighted by Crippen LogP contribution is 2.26. The Hall–Kier alpha value is -0.340. The highest BCUT2D eigenvalue weighted by molar-refractivity contribution is 9.10. The number of halogens is 2. The van der Waals surface area contributed by atoms with Crippen LogP contribution < -0.4 is 0 Å². The maximum absolute atomic E-state index is 11.2. The van der Waals surface area contributed by atoms with Crippen molar-refractivity contribution in [2.45, 2.75) is 13.8 Å². The molecule has 0 aromatic heterocycles. The van der Waals surface area contributed by atoms with Gasteiger partial charge >= 0.3 is 0 Å². The Balaban J connectivity index is 3.43. The molecule has 0 fully saturated rings. The smallest absolute Gasteiger partial charge is 0.161 e. The SMILES string of the molecule is CC(=O)c1c(Br)ccc(Cl)c1C. The first-order chi connectivity index (χ1) is 5.54. The van der Waals surface area contributed by atoms with Crippen molar-refractivity contribution in [2.75, 3.05) is 0 Å². The van der Waals surface area contributed by atoms with Crippen LogP contribution in [0.4, 0.5) is 0 Å². The van der Waals surface area contributed by atoms with Crippen molar-refractivity contribution in [3.8, 4) is 0 Å². The summed E-state index contributed by atoms with van der Waals surface area (Å²) in [6.45, 7) is 3.37. The predicted octanol–water partition coefficient (Wildman–Crippen LogP) is 3.61. The van der Waals surface area contributed by atoms with Gasteiger partial charge in [-0.1, -0.05) is 27.5 Å². The lowest BCUT2D eigenvalue weighted by molar-refractivity contribution is 0.101. The van der Waals surface area contributed by atoms with E-state index >= 15 is 0 Å². The van der Waals surface area contributed by atoms with E-state index in [-0.39, 0.29) is 5.78 Å². The molecule has 1 rings (SSSR count). The third-order valence-electron chi connectivity index (χ3n) is 1.70. The van der Waals surface area contributed by atoms with Crippen LogP contribution in [-0.4, -0.2) is 5.78 Å². The maximum Gasteiger partial charge on any atom is 0.161 e. The van der Waals surface area contributed by atoms with E-state index in [1.54, 1.807) is 12.1 Å². The van der Waals surface area contributed by atoms with Gasteiger partial charge < -0.3 is 0 Å². The van der Waals surface area contributed by atoms with E-state index in [1.807, 2.05) is 6.92 Å². The largest absolute Gasteiger partial charge is 0.294 e. The summed E-state index contributed by atoms with van der Waals surface area (Å²) < 4.78 is 0.803. The maximum atomic E-state index is 11.2. The minimum atomic E-state index is 0.0295. The number of benzene rings is 1. The van der Waals surface area contributed by atoms with Gasteiger partial charge in [0.25, 0.3) is 0 Å². The minimum absolute atomic E-state index is 0.0295. The molecule has 0 atom stereocenters. The second-order valence-electron chi connectivity index (χ2n) is 2.59. The topological polar surface area (TPSA) is 17.1 Å². The first kappa shape index (κ1) is 9.75. The molecule has 0 aliphatic rings. The lowest BCUT2D eigenvalue weighted by Crippen LogP contribution is -1.97. The fourth-order valence-corrected chi connectivity index (χ4v) is 1.95. The number of rotatable bonds is 1. The highest BCUT2D eigenvalue weighted by atomic mass is 79.9. The van der Waals surface area contributed by atoms with Gasteiger partial charge in [0, 0.05) is 15.1 Å². The Bertz CT molecular complexity index is 334. The average molecular weight is 248 g/mol. The van der Waals surface area contributed by atoms with E-state index in [0.717, 1.165) is 10.0 Å². The van der Waals surface area contributed by atoms with Crippen molar-refractivity contribution in [1.82, 2.24) is 0 Å². The lowest BCUT2D eigenvalue weighted by atomic mass is 10.1. The Morgan fingerprint density at radius 1 is 1.50 bits per heavy atom. The van der Waals surface area contributed by atoms with E-state index in [9.17, 15) is 4.79 Å². The second-order valence-corrected chi connectivity index (χ2v) is 3.85. The van der Waals surface area contributed by atoms with Crippen LogP contribution in [0.5, 0.6) is 0 Å². The lowest BCUT2D eigenvalue weighted by Gasteiger charge is -2.05. The number of hydrogen-bond donors (Lipinski definition) is 0. The first-order valence-corrected chi connectivity index (χ1v) is 4.66. The molecule has 64 valence electrons. The third kappa shape index (κ3) is 1.70. The Kier molecular flexibility index (Phi) is 2.91. The van der Waals surface area contributed by atoms with Gasteiger partial charge in [-0.2, -0.15) is 0 Å². The molecule has 0 unspecified atom stereocenters. The van der Waals surface area contributed by atoms with Crippen LogP contribution in [-0.2, 0) is 0 Å². The molecule has 0 aliphatic heterocycles. The van der Waals surface area contributed by atoms with E-state index < -0.39 is 0 Å². The van der Waals surface area contributed by atoms with Gasteiger partial charge in [-0.15, -0.1) is 0 Å². The van der Waals surface area contributed by atoms with Crippen LogP contribution in [0.3, 0.4) is 0 Å². The van der Waals surface area contributed by atoms with Crippen molar-refractivity contribution in [3.05, 3.63) is 32.8 Å². The molecular weight excluding hydrogens is 239 g/mol. The third-order valence-corrected chi connectivity index (χ3v) is 2.77. The number of carbonyl (C=O) groups is 1. The number of Topliss-reactive ketones (excluding diaryl/α,β-unsaturated/α-hetero) is 1. The van der Waals surface area contributed by atoms with Gasteiger partial charge in [0.2, 0.25) is 0 Å². The molecule has 0 N–H and O–H groups in total. The summed E-state index contributed by atoms with van der Waals surface area (Å²) in [5.74, 6) is 0.0295. The normalized spacial score (nSPS) is 10.0. The van der Waals surface area contributed by atoms with Gasteiger partial charge in [-0.3, -0.25) is 4.79 Å². The molecule has 1 aromatic rings. The molecule has 0 bridgehead atoms. The van der Waals surface area contributed by atoms with Crippen molar-refractivity contribution < 1.29 is 4.79 Å². The molecule has 0 amide bonds. The molecule has 0 heterocycles. The molecule has 0 saturated carbocycles. The molecule has 0 spiro atoms. The predicted molar refractivity (Wildman–Crippen MR) is 53.9 cm³/mol. The first-order valence-electron chi connectivity index (χ1n) is 3.49. The summed E-state index contributed by atoms with van der Waals surface area (Å²) in [7, 11) is 0. The zero-order chi connectivity index (χ0) is 9.30. The molecule has 0 radical (unpaired) electrons. The van der Waals surface area contributed by atoms with Crippen molar-refractivity contribution in [1.29, 1.82) is 0 Å². The highest BCUT2D eigenvalue weighted by Gasteiger charge is 2.10. The molecule has 1 aromatic carbocycles. The quantitative estimate of drug-likeness (QED) is 0.693. The standard InChI is InChI=1S/C9H8BrClO/c1-5-8(11)4-3-7(10)9(5)6(2)12/h3-4H,1-2H3. The monoisotopic (exact) mass is 246 g/mol. The zero-order valence-electron chi connectivity index (χ0n) is 6.82. The minimum Gasteiger partial charge on any atom is -0.294 e. The molecule has 1 nitrogen and oxygen atoms in total. The second kappa shape index (κ2) is 3.58. The van der Waals surface area contributed by atoms with Crippen LogP contribution in [0.1, 0.15) is 22.8 Å². The molecule has 3 heteroatoms. The fourth-order valence-electron chi connectivity index (χ4n) is 1.09. The van der Waals surface area contributed by atoms with Crippen LogP contribution >= 0.6 is 27.5 Å². The molecular formula is C9H8BrClO. The molecule has 0 saturated heterocycles. The van der Waals surface area contributed by atoms with E-state index in [4.69, 9.17) is 11.6 Å². The number of hydrogen-bond acceptors (Lipinski definition) is 1. The van der Waals surface area contributed by atoms with E-state index in [0.29, 0.717) is 10.6 Å². The van der Waals surface area contributed by atoms with Gasteiger partial charge in [0.1, 0.15) is 0 Å². The summed E-state index contributed by atoms with van der Waals surface area (Å²) in [4.78, 5) is 11.2. The van der Waals surface area contributed by atoms with Crippen LogP contribution in [0, 0.1) is 6.92 Å². The van der Waals surface area contributed by atoms with Gasteiger partial charge in [0.15, 0.2) is 5.78 Å². The summed E-state index contributed by atoms with van der Waals surface area (Å²) in [5.41, 5.74) is 1.50. The van der Waals surface area contributed by atoms with Crippen LogP contribution in [0.15, 0.2) is 16.6 Å².